The van der Waals surface area contributed by atoms with Gasteiger partial charge >= 0.3 is 5.97 Å². The molecule has 1 amide bonds. The van der Waals surface area contributed by atoms with E-state index in [4.69, 9.17) is 10.5 Å². The Kier molecular flexibility index (Phi) is 4.56. The number of methoxy groups -OCH3 is 1. The van der Waals surface area contributed by atoms with Crippen molar-refractivity contribution in [3.05, 3.63) is 53.7 Å². The second-order valence-corrected chi connectivity index (χ2v) is 6.01. The van der Waals surface area contributed by atoms with Gasteiger partial charge in [-0.25, -0.2) is 4.98 Å². The largest absolute Gasteiger partial charge is 0.497 e. The number of hydrogen-bond acceptors (Lipinski definition) is 5. The van der Waals surface area contributed by atoms with Crippen LogP contribution in [0.3, 0.4) is 0 Å². The number of nitrogen functional groups attached to an aromatic ring is 1. The number of carboxylic acids is 1. The van der Waals surface area contributed by atoms with Gasteiger partial charge in [-0.05, 0) is 29.8 Å². The lowest BCUT2D eigenvalue weighted by atomic mass is 9.89. The van der Waals surface area contributed by atoms with Gasteiger partial charge in [-0.2, -0.15) is 0 Å². The van der Waals surface area contributed by atoms with Gasteiger partial charge in [0.15, 0.2) is 0 Å². The quantitative estimate of drug-likeness (QED) is 0.875. The number of carbonyl (C=O) groups excluding carboxylic acids is 1. The number of likely N-dealkylation sites (tertiary alicyclic amines) is 1. The highest BCUT2D eigenvalue weighted by atomic mass is 16.5. The first-order valence-electron chi connectivity index (χ1n) is 7.87. The molecule has 3 rings (SSSR count). The van der Waals surface area contributed by atoms with Gasteiger partial charge in [0.1, 0.15) is 11.6 Å². The minimum absolute atomic E-state index is 0.151. The first kappa shape index (κ1) is 16.8. The molecule has 25 heavy (non-hydrogen) atoms. The number of amides is 1. The summed E-state index contributed by atoms with van der Waals surface area (Å²) in [6, 6.07) is 10.4. The number of ether oxygens (including phenoxy) is 1. The molecule has 2 aromatic rings. The Morgan fingerprint density at radius 1 is 1.28 bits per heavy atom. The summed E-state index contributed by atoms with van der Waals surface area (Å²) < 4.78 is 5.22. The monoisotopic (exact) mass is 341 g/mol. The van der Waals surface area contributed by atoms with E-state index in [-0.39, 0.29) is 24.2 Å². The topological polar surface area (TPSA) is 106 Å². The van der Waals surface area contributed by atoms with E-state index in [1.807, 2.05) is 18.2 Å². The third kappa shape index (κ3) is 3.40. The number of carbonyl (C=O) groups is 2. The number of nitrogens with zero attached hydrogens (tertiary/aromatic N) is 2. The van der Waals surface area contributed by atoms with Crippen molar-refractivity contribution in [2.75, 3.05) is 25.9 Å². The van der Waals surface area contributed by atoms with E-state index in [1.54, 1.807) is 24.1 Å². The van der Waals surface area contributed by atoms with Crippen molar-refractivity contribution in [2.24, 2.45) is 5.92 Å². The molecule has 1 aliphatic heterocycles. The molecular formula is C18H19N3O4. The summed E-state index contributed by atoms with van der Waals surface area (Å²) in [5.74, 6) is -1.22. The predicted molar refractivity (Wildman–Crippen MR) is 91.4 cm³/mol. The second-order valence-electron chi connectivity index (χ2n) is 6.01. The minimum Gasteiger partial charge on any atom is -0.497 e. The van der Waals surface area contributed by atoms with Gasteiger partial charge in [0.25, 0.3) is 5.91 Å². The lowest BCUT2D eigenvalue weighted by molar-refractivity contribution is -0.141. The lowest BCUT2D eigenvalue weighted by Gasteiger charge is -2.17. The van der Waals surface area contributed by atoms with Crippen LogP contribution in [0.1, 0.15) is 21.8 Å². The number of benzene rings is 1. The summed E-state index contributed by atoms with van der Waals surface area (Å²) in [5.41, 5.74) is 6.88. The number of nitrogens with two attached hydrogens (primary N) is 1. The van der Waals surface area contributed by atoms with Crippen LogP contribution in [0, 0.1) is 5.92 Å². The summed E-state index contributed by atoms with van der Waals surface area (Å²) in [4.78, 5) is 29.8. The van der Waals surface area contributed by atoms with Gasteiger partial charge < -0.3 is 20.5 Å². The molecule has 3 N–H and O–H groups in total. The maximum absolute atomic E-state index is 12.7. The zero-order chi connectivity index (χ0) is 18.0. The van der Waals surface area contributed by atoms with Crippen molar-refractivity contribution in [1.29, 1.82) is 0 Å². The van der Waals surface area contributed by atoms with E-state index >= 15 is 0 Å². The number of pyridine rings is 1. The van der Waals surface area contributed by atoms with Crippen molar-refractivity contribution in [3.63, 3.8) is 0 Å². The zero-order valence-electron chi connectivity index (χ0n) is 13.8. The summed E-state index contributed by atoms with van der Waals surface area (Å²) in [6.07, 6.45) is 1.47. The van der Waals surface area contributed by atoms with Crippen LogP contribution < -0.4 is 10.5 Å². The summed E-state index contributed by atoms with van der Waals surface area (Å²) in [6.45, 7) is 0.476. The van der Waals surface area contributed by atoms with Crippen molar-refractivity contribution < 1.29 is 19.4 Å². The Morgan fingerprint density at radius 3 is 2.76 bits per heavy atom. The Morgan fingerprint density at radius 2 is 2.08 bits per heavy atom. The van der Waals surface area contributed by atoms with Gasteiger partial charge in [0.2, 0.25) is 0 Å². The fraction of sp³-hybridized carbons (Fsp3) is 0.278. The average molecular weight is 341 g/mol. The normalized spacial score (nSPS) is 19.6. The highest BCUT2D eigenvalue weighted by Gasteiger charge is 2.40. The Balaban J connectivity index is 1.87. The first-order valence-corrected chi connectivity index (χ1v) is 7.87. The molecule has 1 aromatic heterocycles. The molecular weight excluding hydrogens is 322 g/mol. The Bertz CT molecular complexity index is 808. The Hall–Kier alpha value is -3.09. The van der Waals surface area contributed by atoms with E-state index in [0.29, 0.717) is 17.9 Å². The fourth-order valence-electron chi connectivity index (χ4n) is 3.19. The van der Waals surface area contributed by atoms with Crippen LogP contribution in [0.5, 0.6) is 5.75 Å². The standard InChI is InChI=1S/C18H19N3O4/c1-25-13-4-2-3-11(7-13)14-9-21(10-15(14)18(23)24)17(22)12-5-6-20-16(19)8-12/h2-8,14-15H,9-10H2,1H3,(H2,19,20)(H,23,24)/t14-,15+/m0/s1. The van der Waals surface area contributed by atoms with E-state index in [0.717, 1.165) is 5.56 Å². The van der Waals surface area contributed by atoms with Crippen molar-refractivity contribution in [1.82, 2.24) is 9.88 Å². The highest BCUT2D eigenvalue weighted by molar-refractivity contribution is 5.95. The van der Waals surface area contributed by atoms with Crippen LogP contribution in [-0.2, 0) is 4.79 Å². The number of aliphatic carboxylic acids is 1. The van der Waals surface area contributed by atoms with E-state index in [9.17, 15) is 14.7 Å². The van der Waals surface area contributed by atoms with Gasteiger partial charge in [-0.3, -0.25) is 9.59 Å². The molecule has 0 aliphatic carbocycles. The molecule has 1 saturated heterocycles. The smallest absolute Gasteiger partial charge is 0.308 e. The summed E-state index contributed by atoms with van der Waals surface area (Å²) in [7, 11) is 1.56. The molecule has 2 atom stereocenters. The molecule has 2 heterocycles. The minimum atomic E-state index is -0.919. The van der Waals surface area contributed by atoms with E-state index < -0.39 is 11.9 Å². The van der Waals surface area contributed by atoms with Crippen LogP contribution in [0.4, 0.5) is 5.82 Å². The van der Waals surface area contributed by atoms with Crippen LogP contribution in [0.2, 0.25) is 0 Å². The number of hydrogen-bond donors (Lipinski definition) is 2. The molecule has 1 fully saturated rings. The third-order valence-corrected chi connectivity index (χ3v) is 4.47. The maximum atomic E-state index is 12.7. The first-order chi connectivity index (χ1) is 12.0. The van der Waals surface area contributed by atoms with Gasteiger partial charge in [0, 0.05) is 30.8 Å². The molecule has 0 spiro atoms. The highest BCUT2D eigenvalue weighted by Crippen LogP contribution is 2.35. The van der Waals surface area contributed by atoms with Crippen LogP contribution in [0.15, 0.2) is 42.6 Å². The maximum Gasteiger partial charge on any atom is 0.308 e. The summed E-state index contributed by atoms with van der Waals surface area (Å²) in [5, 5.41) is 9.59. The molecule has 0 saturated carbocycles. The molecule has 7 nitrogen and oxygen atoms in total. The third-order valence-electron chi connectivity index (χ3n) is 4.47. The molecule has 1 aliphatic rings. The Labute approximate surface area is 145 Å². The number of rotatable bonds is 4. The molecule has 0 bridgehead atoms. The number of carboxylic acid groups (broad SMARTS) is 1. The van der Waals surface area contributed by atoms with Crippen LogP contribution in [0.25, 0.3) is 0 Å². The second kappa shape index (κ2) is 6.80. The number of aromatic nitrogens is 1. The van der Waals surface area contributed by atoms with Crippen LogP contribution >= 0.6 is 0 Å². The number of anilines is 1. The van der Waals surface area contributed by atoms with E-state index in [2.05, 4.69) is 4.98 Å². The molecule has 130 valence electrons. The molecule has 1 aromatic carbocycles. The summed E-state index contributed by atoms with van der Waals surface area (Å²) >= 11 is 0. The van der Waals surface area contributed by atoms with Gasteiger partial charge in [-0.1, -0.05) is 12.1 Å². The van der Waals surface area contributed by atoms with Crippen molar-refractivity contribution in [2.45, 2.75) is 5.92 Å². The average Bonchev–Trinajstić information content (AvgIpc) is 3.07. The lowest BCUT2D eigenvalue weighted by Crippen LogP contribution is -2.30. The van der Waals surface area contributed by atoms with E-state index in [1.165, 1.54) is 12.3 Å². The fourth-order valence-corrected chi connectivity index (χ4v) is 3.19. The molecule has 0 unspecified atom stereocenters. The van der Waals surface area contributed by atoms with Crippen LogP contribution in [-0.4, -0.2) is 47.1 Å². The SMILES string of the molecule is COc1cccc([C@@H]2CN(C(=O)c3ccnc(N)c3)C[C@H]2C(=O)O)c1. The van der Waals surface area contributed by atoms with Crippen molar-refractivity contribution >= 4 is 17.7 Å². The molecule has 0 radical (unpaired) electrons. The predicted octanol–water partition coefficient (Wildman–Crippen LogP) is 1.61. The van der Waals surface area contributed by atoms with Gasteiger partial charge in [0.05, 0.1) is 13.0 Å². The van der Waals surface area contributed by atoms with Gasteiger partial charge in [-0.15, -0.1) is 0 Å². The van der Waals surface area contributed by atoms with Crippen molar-refractivity contribution in [3.8, 4) is 5.75 Å². The molecule has 7 heteroatoms. The zero-order valence-corrected chi connectivity index (χ0v) is 13.8.